The van der Waals surface area contributed by atoms with Crippen LogP contribution in [-0.2, 0) is 0 Å². The Hall–Kier alpha value is -2.26. The molecule has 0 bridgehead atoms. The number of nitriles is 2. The third-order valence-electron chi connectivity index (χ3n) is 2.76. The van der Waals surface area contributed by atoms with Gasteiger partial charge in [-0.15, -0.1) is 0 Å². The summed E-state index contributed by atoms with van der Waals surface area (Å²) >= 11 is 12.4. The summed E-state index contributed by atoms with van der Waals surface area (Å²) in [5.74, 6) is 0. The van der Waals surface area contributed by atoms with Gasteiger partial charge in [-0.2, -0.15) is 10.5 Å². The van der Waals surface area contributed by atoms with Gasteiger partial charge in [0.1, 0.15) is 17.7 Å². The Kier molecular flexibility index (Phi) is 4.43. The number of halogens is 2. The molecule has 0 aliphatic rings. The molecule has 0 heterocycles. The number of rotatable bonds is 2. The first-order chi connectivity index (χ1) is 9.69. The molecule has 0 aliphatic carbocycles. The maximum Gasteiger partial charge on any atom is 0.138 e. The highest BCUT2D eigenvalue weighted by Gasteiger charge is 2.16. The van der Waals surface area contributed by atoms with Crippen molar-refractivity contribution in [1.82, 2.24) is 0 Å². The highest BCUT2D eigenvalue weighted by Crippen LogP contribution is 2.35. The van der Waals surface area contributed by atoms with Gasteiger partial charge in [0.15, 0.2) is 0 Å². The number of hydrogen-bond donors (Lipinski definition) is 0. The van der Waals surface area contributed by atoms with Gasteiger partial charge in [-0.3, -0.25) is 0 Å². The van der Waals surface area contributed by atoms with Crippen LogP contribution >= 0.6 is 23.2 Å². The molecule has 0 aromatic heterocycles. The molecule has 0 saturated heterocycles. The first-order valence-electron chi connectivity index (χ1n) is 5.73. The first-order valence-corrected chi connectivity index (χ1v) is 6.49. The van der Waals surface area contributed by atoms with Crippen molar-refractivity contribution in [3.8, 4) is 12.1 Å². The van der Waals surface area contributed by atoms with Crippen LogP contribution in [0.1, 0.15) is 11.1 Å². The number of benzene rings is 2. The van der Waals surface area contributed by atoms with E-state index in [-0.39, 0.29) is 5.57 Å². The van der Waals surface area contributed by atoms with Crippen molar-refractivity contribution in [2.24, 2.45) is 0 Å². The molecular weight excluding hydrogens is 291 g/mol. The van der Waals surface area contributed by atoms with Crippen molar-refractivity contribution in [3.05, 3.63) is 75.3 Å². The Morgan fingerprint density at radius 3 is 1.50 bits per heavy atom. The van der Waals surface area contributed by atoms with E-state index in [2.05, 4.69) is 0 Å². The SMILES string of the molecule is N#CC(C#N)=C(c1ccccc1Cl)c1ccccc1Cl. The summed E-state index contributed by atoms with van der Waals surface area (Å²) in [7, 11) is 0. The monoisotopic (exact) mass is 298 g/mol. The molecule has 2 aromatic rings. The lowest BCUT2D eigenvalue weighted by molar-refractivity contribution is 1.44. The van der Waals surface area contributed by atoms with E-state index < -0.39 is 0 Å². The van der Waals surface area contributed by atoms with Crippen molar-refractivity contribution in [3.63, 3.8) is 0 Å². The molecule has 0 spiro atoms. The van der Waals surface area contributed by atoms with Crippen molar-refractivity contribution in [1.29, 1.82) is 10.5 Å². The predicted octanol–water partition coefficient (Wildman–Crippen LogP) is 4.84. The average molecular weight is 299 g/mol. The zero-order chi connectivity index (χ0) is 14.5. The van der Waals surface area contributed by atoms with Gasteiger partial charge in [0, 0.05) is 26.7 Å². The van der Waals surface area contributed by atoms with E-state index in [9.17, 15) is 10.5 Å². The van der Waals surface area contributed by atoms with Gasteiger partial charge in [0.05, 0.1) is 0 Å². The zero-order valence-electron chi connectivity index (χ0n) is 10.3. The Labute approximate surface area is 127 Å². The Bertz CT molecular complexity index is 701. The molecule has 2 rings (SSSR count). The summed E-state index contributed by atoms with van der Waals surface area (Å²) in [6.07, 6.45) is 0. The standard InChI is InChI=1S/C16H8Cl2N2/c17-14-7-3-1-5-12(14)16(11(9-19)10-20)13-6-2-4-8-15(13)18/h1-8H. The summed E-state index contributed by atoms with van der Waals surface area (Å²) in [4.78, 5) is 0. The van der Waals surface area contributed by atoms with E-state index >= 15 is 0 Å². The molecule has 0 N–H and O–H groups in total. The summed E-state index contributed by atoms with van der Waals surface area (Å²) in [6.45, 7) is 0. The fraction of sp³-hybridized carbons (Fsp3) is 0. The minimum Gasteiger partial charge on any atom is -0.192 e. The number of hydrogen-bond acceptors (Lipinski definition) is 2. The van der Waals surface area contributed by atoms with Crippen LogP contribution in [0.2, 0.25) is 10.0 Å². The second kappa shape index (κ2) is 6.26. The largest absolute Gasteiger partial charge is 0.192 e. The van der Waals surface area contributed by atoms with Crippen LogP contribution in [0.25, 0.3) is 5.57 Å². The summed E-state index contributed by atoms with van der Waals surface area (Å²) in [5.41, 5.74) is 1.65. The maximum absolute atomic E-state index is 9.18. The fourth-order valence-electron chi connectivity index (χ4n) is 1.88. The van der Waals surface area contributed by atoms with Gasteiger partial charge in [-0.05, 0) is 12.1 Å². The average Bonchev–Trinajstić information content (AvgIpc) is 2.47. The lowest BCUT2D eigenvalue weighted by Crippen LogP contribution is -1.94. The van der Waals surface area contributed by atoms with Crippen LogP contribution < -0.4 is 0 Å². The molecular formula is C16H8Cl2N2. The third-order valence-corrected chi connectivity index (χ3v) is 3.42. The summed E-state index contributed by atoms with van der Waals surface area (Å²) < 4.78 is 0. The van der Waals surface area contributed by atoms with Crippen LogP contribution in [0, 0.1) is 22.7 Å². The van der Waals surface area contributed by atoms with E-state index in [1.165, 1.54) is 0 Å². The van der Waals surface area contributed by atoms with Crippen LogP contribution in [-0.4, -0.2) is 0 Å². The Morgan fingerprint density at radius 1 is 0.750 bits per heavy atom. The van der Waals surface area contributed by atoms with Crippen LogP contribution in [0.3, 0.4) is 0 Å². The van der Waals surface area contributed by atoms with E-state index in [1.54, 1.807) is 48.5 Å². The molecule has 0 unspecified atom stereocenters. The molecule has 0 radical (unpaired) electrons. The molecule has 0 saturated carbocycles. The van der Waals surface area contributed by atoms with E-state index in [1.807, 2.05) is 12.1 Å². The minimum absolute atomic E-state index is 0.0220. The highest BCUT2D eigenvalue weighted by molar-refractivity contribution is 6.34. The minimum atomic E-state index is -0.0220. The smallest absolute Gasteiger partial charge is 0.138 e. The second-order valence-corrected chi connectivity index (χ2v) is 4.75. The van der Waals surface area contributed by atoms with E-state index in [0.29, 0.717) is 26.7 Å². The van der Waals surface area contributed by atoms with Crippen molar-refractivity contribution >= 4 is 28.8 Å². The maximum atomic E-state index is 9.18. The predicted molar refractivity (Wildman–Crippen MR) is 80.2 cm³/mol. The van der Waals surface area contributed by atoms with Gasteiger partial charge < -0.3 is 0 Å². The van der Waals surface area contributed by atoms with Crippen molar-refractivity contribution in [2.45, 2.75) is 0 Å². The molecule has 2 nitrogen and oxygen atoms in total. The van der Waals surface area contributed by atoms with E-state index in [0.717, 1.165) is 0 Å². The molecule has 20 heavy (non-hydrogen) atoms. The van der Waals surface area contributed by atoms with Crippen molar-refractivity contribution in [2.75, 3.05) is 0 Å². The normalized spacial score (nSPS) is 9.40. The lowest BCUT2D eigenvalue weighted by atomic mass is 9.94. The van der Waals surface area contributed by atoms with Crippen LogP contribution in [0.15, 0.2) is 54.1 Å². The van der Waals surface area contributed by atoms with Crippen LogP contribution in [0.4, 0.5) is 0 Å². The molecule has 0 atom stereocenters. The van der Waals surface area contributed by atoms with Crippen LogP contribution in [0.5, 0.6) is 0 Å². The quantitative estimate of drug-likeness (QED) is 0.745. The second-order valence-electron chi connectivity index (χ2n) is 3.93. The van der Waals surface area contributed by atoms with Gasteiger partial charge in [-0.25, -0.2) is 0 Å². The van der Waals surface area contributed by atoms with Gasteiger partial charge >= 0.3 is 0 Å². The van der Waals surface area contributed by atoms with E-state index in [4.69, 9.17) is 23.2 Å². The molecule has 96 valence electrons. The number of allylic oxidation sites excluding steroid dienone is 1. The molecule has 4 heteroatoms. The zero-order valence-corrected chi connectivity index (χ0v) is 11.8. The number of nitrogens with zero attached hydrogens (tertiary/aromatic N) is 2. The third kappa shape index (κ3) is 2.68. The molecule has 0 fully saturated rings. The van der Waals surface area contributed by atoms with Gasteiger partial charge in [0.2, 0.25) is 0 Å². The first kappa shape index (κ1) is 14.2. The fourth-order valence-corrected chi connectivity index (χ4v) is 2.34. The Balaban J connectivity index is 2.83. The van der Waals surface area contributed by atoms with Gasteiger partial charge in [-0.1, -0.05) is 59.6 Å². The van der Waals surface area contributed by atoms with Gasteiger partial charge in [0.25, 0.3) is 0 Å². The molecule has 0 amide bonds. The lowest BCUT2D eigenvalue weighted by Gasteiger charge is -2.11. The molecule has 2 aromatic carbocycles. The van der Waals surface area contributed by atoms with Crippen molar-refractivity contribution < 1.29 is 0 Å². The topological polar surface area (TPSA) is 47.6 Å². The molecule has 0 aliphatic heterocycles. The summed E-state index contributed by atoms with van der Waals surface area (Å²) in [5, 5.41) is 19.3. The summed E-state index contributed by atoms with van der Waals surface area (Å²) in [6, 6.07) is 17.9. The highest BCUT2D eigenvalue weighted by atomic mass is 35.5. The Morgan fingerprint density at radius 2 is 1.15 bits per heavy atom.